The molecule has 0 unspecified atom stereocenters. The van der Waals surface area contributed by atoms with E-state index in [1.54, 1.807) is 12.1 Å². The first-order valence-corrected chi connectivity index (χ1v) is 13.9. The van der Waals surface area contributed by atoms with Gasteiger partial charge in [0.1, 0.15) is 5.75 Å². The zero-order valence-electron chi connectivity index (χ0n) is 19.3. The van der Waals surface area contributed by atoms with Crippen molar-refractivity contribution in [2.75, 3.05) is 51.9 Å². The van der Waals surface area contributed by atoms with Crippen LogP contribution in [0.3, 0.4) is 0 Å². The Labute approximate surface area is 216 Å². The first-order chi connectivity index (χ1) is 16.2. The molecular weight excluding hydrogens is 521 g/mol. The predicted molar refractivity (Wildman–Crippen MR) is 136 cm³/mol. The fraction of sp³-hybridized carbons (Fsp3) is 0.500. The second-order valence-electron chi connectivity index (χ2n) is 8.59. The number of rotatable bonds is 11. The van der Waals surface area contributed by atoms with Crippen molar-refractivity contribution in [3.63, 3.8) is 0 Å². The molecule has 0 N–H and O–H groups in total. The van der Waals surface area contributed by atoms with E-state index in [2.05, 4.69) is 11.8 Å². The molecule has 0 bridgehead atoms. The van der Waals surface area contributed by atoms with Crippen molar-refractivity contribution in [2.24, 2.45) is 11.8 Å². The van der Waals surface area contributed by atoms with Crippen LogP contribution in [-0.2, 0) is 14.6 Å². The molecule has 0 aliphatic carbocycles. The average molecular weight is 551 g/mol. The van der Waals surface area contributed by atoms with Crippen molar-refractivity contribution < 1.29 is 22.6 Å². The summed E-state index contributed by atoms with van der Waals surface area (Å²) >= 11 is 18.4. The maximum atomic E-state index is 13.1. The number of sulfone groups is 1. The van der Waals surface area contributed by atoms with E-state index in [4.69, 9.17) is 49.0 Å². The van der Waals surface area contributed by atoms with Gasteiger partial charge in [0.2, 0.25) is 9.84 Å². The van der Waals surface area contributed by atoms with Gasteiger partial charge in [-0.15, -0.1) is 11.6 Å². The van der Waals surface area contributed by atoms with Crippen LogP contribution in [0.2, 0.25) is 10.0 Å². The van der Waals surface area contributed by atoms with Gasteiger partial charge in [0.15, 0.2) is 5.75 Å². The molecule has 0 radical (unpaired) electrons. The van der Waals surface area contributed by atoms with Gasteiger partial charge in [-0.2, -0.15) is 0 Å². The Morgan fingerprint density at radius 3 is 2.12 bits per heavy atom. The van der Waals surface area contributed by atoms with Crippen LogP contribution < -0.4 is 9.47 Å². The topological polar surface area (TPSA) is 65.1 Å². The van der Waals surface area contributed by atoms with Crippen LogP contribution in [-0.4, -0.2) is 65.3 Å². The molecular formula is C24H30Cl3NO5S. The number of hydrogen-bond acceptors (Lipinski definition) is 6. The maximum absolute atomic E-state index is 13.1. The second-order valence-corrected chi connectivity index (χ2v) is 11.7. The summed E-state index contributed by atoms with van der Waals surface area (Å²) < 4.78 is 43.1. The van der Waals surface area contributed by atoms with Crippen LogP contribution in [0.1, 0.15) is 13.8 Å². The molecule has 1 aliphatic heterocycles. The molecule has 1 fully saturated rings. The highest BCUT2D eigenvalue weighted by atomic mass is 35.5. The highest BCUT2D eigenvalue weighted by Gasteiger charge is 2.22. The van der Waals surface area contributed by atoms with E-state index in [0.29, 0.717) is 30.8 Å². The molecule has 0 spiro atoms. The summed E-state index contributed by atoms with van der Waals surface area (Å²) in [6.45, 7) is 9.25. The third-order valence-electron chi connectivity index (χ3n) is 5.40. The molecule has 6 nitrogen and oxygen atoms in total. The number of alkyl halides is 1. The number of ether oxygens (including phenoxy) is 3. The van der Waals surface area contributed by atoms with Crippen molar-refractivity contribution in [1.29, 1.82) is 0 Å². The van der Waals surface area contributed by atoms with Crippen molar-refractivity contribution in [3.8, 4) is 11.5 Å². The van der Waals surface area contributed by atoms with Gasteiger partial charge in [-0.25, -0.2) is 8.42 Å². The van der Waals surface area contributed by atoms with Crippen LogP contribution in [0, 0.1) is 11.8 Å². The van der Waals surface area contributed by atoms with Crippen LogP contribution in [0.25, 0.3) is 0 Å². The Balaban J connectivity index is 1.63. The number of nitrogens with zero attached hydrogens (tertiary/aromatic N) is 1. The number of hydrogen-bond donors (Lipinski definition) is 0. The van der Waals surface area contributed by atoms with Crippen LogP contribution >= 0.6 is 34.8 Å². The Bertz CT molecular complexity index is 1020. The van der Waals surface area contributed by atoms with Gasteiger partial charge >= 0.3 is 0 Å². The van der Waals surface area contributed by atoms with Gasteiger partial charge in [0.25, 0.3) is 0 Å². The molecule has 0 amide bonds. The number of morpholine rings is 1. The summed E-state index contributed by atoms with van der Waals surface area (Å²) in [5.74, 6) is 1.71. The standard InChI is InChI=1S/C24H30Cl3NO5S/c1-17(13-25)15-33-24-22(26)11-21(12-23(24)27)34(29,30)20-5-3-19(4-6-20)32-16-18(2)14-28-7-9-31-10-8-28/h3-6,11-12,17-18H,7-10,13-16H2,1-2H3/t17-,18-/m1/s1. The largest absolute Gasteiger partial charge is 0.493 e. The molecule has 3 rings (SSSR count). The molecule has 34 heavy (non-hydrogen) atoms. The van der Waals surface area contributed by atoms with Gasteiger partial charge < -0.3 is 14.2 Å². The maximum Gasteiger partial charge on any atom is 0.206 e. The summed E-state index contributed by atoms with van der Waals surface area (Å²) in [7, 11) is -3.82. The van der Waals surface area contributed by atoms with Gasteiger partial charge in [0, 0.05) is 37.4 Å². The molecule has 0 saturated carbocycles. The minimum atomic E-state index is -3.82. The molecule has 2 aromatic rings. The lowest BCUT2D eigenvalue weighted by atomic mass is 10.2. The minimum Gasteiger partial charge on any atom is -0.493 e. The van der Waals surface area contributed by atoms with E-state index in [-0.39, 0.29) is 31.5 Å². The summed E-state index contributed by atoms with van der Waals surface area (Å²) in [5.41, 5.74) is 0. The smallest absolute Gasteiger partial charge is 0.206 e. The first kappa shape index (κ1) is 27.4. The molecule has 188 valence electrons. The highest BCUT2D eigenvalue weighted by molar-refractivity contribution is 7.91. The van der Waals surface area contributed by atoms with Gasteiger partial charge in [0.05, 0.1) is 46.3 Å². The van der Waals surface area contributed by atoms with E-state index < -0.39 is 9.84 Å². The highest BCUT2D eigenvalue weighted by Crippen LogP contribution is 2.37. The average Bonchev–Trinajstić information content (AvgIpc) is 2.82. The predicted octanol–water partition coefficient (Wildman–Crippen LogP) is 5.43. The first-order valence-electron chi connectivity index (χ1n) is 11.2. The zero-order chi connectivity index (χ0) is 24.7. The van der Waals surface area contributed by atoms with Crippen molar-refractivity contribution in [3.05, 3.63) is 46.4 Å². The Morgan fingerprint density at radius 2 is 1.53 bits per heavy atom. The SMILES string of the molecule is C[C@H](CCl)COc1c(Cl)cc(S(=O)(=O)c2ccc(OC[C@H](C)CN3CCOCC3)cc2)cc1Cl. The Hall–Kier alpha value is -1.22. The molecule has 1 heterocycles. The van der Waals surface area contributed by atoms with E-state index in [9.17, 15) is 8.42 Å². The molecule has 1 aliphatic rings. The fourth-order valence-corrected chi connectivity index (χ4v) is 5.59. The molecule has 0 aromatic heterocycles. The lowest BCUT2D eigenvalue weighted by Gasteiger charge is -2.29. The quantitative estimate of drug-likeness (QED) is 0.348. The molecule has 1 saturated heterocycles. The van der Waals surface area contributed by atoms with Gasteiger partial charge in [-0.05, 0) is 36.4 Å². The van der Waals surface area contributed by atoms with Crippen LogP contribution in [0.4, 0.5) is 0 Å². The Morgan fingerprint density at radius 1 is 0.941 bits per heavy atom. The lowest BCUT2D eigenvalue weighted by Crippen LogP contribution is -2.39. The summed E-state index contributed by atoms with van der Waals surface area (Å²) in [6.07, 6.45) is 0. The summed E-state index contributed by atoms with van der Waals surface area (Å²) in [5, 5.41) is 0.254. The van der Waals surface area contributed by atoms with E-state index in [1.165, 1.54) is 24.3 Å². The van der Waals surface area contributed by atoms with Gasteiger partial charge in [-0.3, -0.25) is 4.90 Å². The van der Waals surface area contributed by atoms with E-state index >= 15 is 0 Å². The normalized spacial score (nSPS) is 16.7. The van der Waals surface area contributed by atoms with Gasteiger partial charge in [-0.1, -0.05) is 37.0 Å². The molecule has 2 atom stereocenters. The fourth-order valence-electron chi connectivity index (χ4n) is 3.47. The summed E-state index contributed by atoms with van der Waals surface area (Å²) in [6, 6.07) is 9.05. The van der Waals surface area contributed by atoms with Crippen molar-refractivity contribution >= 4 is 44.6 Å². The van der Waals surface area contributed by atoms with E-state index in [1.807, 2.05) is 6.92 Å². The zero-order valence-corrected chi connectivity index (χ0v) is 22.4. The number of benzene rings is 2. The van der Waals surface area contributed by atoms with Crippen LogP contribution in [0.15, 0.2) is 46.2 Å². The third kappa shape index (κ3) is 7.39. The third-order valence-corrected chi connectivity index (χ3v) is 8.24. The molecule has 2 aromatic carbocycles. The lowest BCUT2D eigenvalue weighted by molar-refractivity contribution is 0.0283. The van der Waals surface area contributed by atoms with E-state index in [0.717, 1.165) is 32.8 Å². The second kappa shape index (κ2) is 12.7. The minimum absolute atomic E-state index is 0.00644. The van der Waals surface area contributed by atoms with Crippen LogP contribution in [0.5, 0.6) is 11.5 Å². The molecule has 10 heteroatoms. The summed E-state index contributed by atoms with van der Waals surface area (Å²) in [4.78, 5) is 2.48. The van der Waals surface area contributed by atoms with Crippen molar-refractivity contribution in [2.45, 2.75) is 23.6 Å². The monoisotopic (exact) mass is 549 g/mol. The Kier molecular flexibility index (Phi) is 10.2. The number of halogens is 3. The van der Waals surface area contributed by atoms with Crippen molar-refractivity contribution in [1.82, 2.24) is 4.90 Å².